The molecule has 1 aliphatic heterocycles. The van der Waals surface area contributed by atoms with Gasteiger partial charge in [-0.3, -0.25) is 14.7 Å². The molecule has 0 radical (unpaired) electrons. The van der Waals surface area contributed by atoms with E-state index in [0.717, 1.165) is 62.1 Å². The highest BCUT2D eigenvalue weighted by molar-refractivity contribution is 14.0. The minimum absolute atomic E-state index is 0. The maximum absolute atomic E-state index is 11.5. The molecule has 1 unspecified atom stereocenters. The Balaban J connectivity index is 0.00000341. The number of nitrogens with zero attached hydrogens (tertiary/aromatic N) is 3. The van der Waals surface area contributed by atoms with Crippen molar-refractivity contribution < 1.29 is 4.79 Å². The van der Waals surface area contributed by atoms with Gasteiger partial charge in [0.15, 0.2) is 5.96 Å². The maximum Gasteiger partial charge on any atom is 0.221 e. The summed E-state index contributed by atoms with van der Waals surface area (Å²) in [5.41, 5.74) is 9.07. The number of carbonyl (C=O) groups is 1. The van der Waals surface area contributed by atoms with Crippen LogP contribution in [0.4, 0.5) is 0 Å². The Morgan fingerprint density at radius 2 is 2.16 bits per heavy atom. The second-order valence-corrected chi connectivity index (χ2v) is 8.82. The molecule has 1 saturated heterocycles. The summed E-state index contributed by atoms with van der Waals surface area (Å²) in [6.45, 7) is 6.13. The maximum atomic E-state index is 11.5. The van der Waals surface area contributed by atoms with Crippen LogP contribution in [0.2, 0.25) is 0 Å². The molecule has 2 aromatic rings. The number of aliphatic imine (C=N–C) groups is 1. The highest BCUT2D eigenvalue weighted by Gasteiger charge is 2.23. The van der Waals surface area contributed by atoms with E-state index in [9.17, 15) is 4.79 Å². The third-order valence-electron chi connectivity index (χ3n) is 5.33. The lowest BCUT2D eigenvalue weighted by Crippen LogP contribution is -2.40. The molecule has 1 amide bonds. The van der Waals surface area contributed by atoms with Gasteiger partial charge in [0, 0.05) is 45.0 Å². The summed E-state index contributed by atoms with van der Waals surface area (Å²) >= 11 is 1.68. The van der Waals surface area contributed by atoms with E-state index >= 15 is 0 Å². The lowest BCUT2D eigenvalue weighted by Gasteiger charge is -2.31. The van der Waals surface area contributed by atoms with Crippen molar-refractivity contribution in [3.63, 3.8) is 0 Å². The van der Waals surface area contributed by atoms with Gasteiger partial charge < -0.3 is 16.4 Å². The van der Waals surface area contributed by atoms with Gasteiger partial charge in [-0.15, -0.1) is 35.3 Å². The van der Waals surface area contributed by atoms with Gasteiger partial charge in [-0.2, -0.15) is 0 Å². The van der Waals surface area contributed by atoms with Crippen LogP contribution in [0.15, 0.2) is 34.6 Å². The molecule has 7 nitrogen and oxygen atoms in total. The number of hydrogen-bond acceptors (Lipinski definition) is 5. The number of amides is 1. The molecule has 9 heteroatoms. The van der Waals surface area contributed by atoms with Crippen molar-refractivity contribution in [1.82, 2.24) is 20.5 Å². The molecule has 1 aromatic carbocycles. The predicted octanol–water partition coefficient (Wildman–Crippen LogP) is 2.67. The minimum Gasteiger partial charge on any atom is -0.369 e. The molecule has 1 aromatic heterocycles. The van der Waals surface area contributed by atoms with Gasteiger partial charge in [0.05, 0.1) is 16.6 Å². The second-order valence-electron chi connectivity index (χ2n) is 7.76. The first-order chi connectivity index (χ1) is 14.5. The van der Waals surface area contributed by atoms with Crippen LogP contribution in [-0.2, 0) is 24.3 Å². The number of aryl methyl sites for hydroxylation is 1. The average Bonchev–Trinajstić information content (AvgIpc) is 3.16. The average molecular weight is 557 g/mol. The quantitative estimate of drug-likeness (QED) is 0.264. The van der Waals surface area contributed by atoms with Crippen molar-refractivity contribution >= 4 is 47.2 Å². The molecule has 31 heavy (non-hydrogen) atoms. The van der Waals surface area contributed by atoms with Crippen molar-refractivity contribution in [2.75, 3.05) is 26.7 Å². The zero-order valence-electron chi connectivity index (χ0n) is 18.3. The monoisotopic (exact) mass is 556 g/mol. The summed E-state index contributed by atoms with van der Waals surface area (Å²) in [4.78, 5) is 22.6. The van der Waals surface area contributed by atoms with E-state index < -0.39 is 0 Å². The molecule has 1 atom stereocenters. The Kier molecular flexibility index (Phi) is 10.7. The summed E-state index contributed by atoms with van der Waals surface area (Å²) in [7, 11) is 1.78. The Morgan fingerprint density at radius 3 is 2.87 bits per heavy atom. The van der Waals surface area contributed by atoms with Gasteiger partial charge in [0.2, 0.25) is 5.91 Å². The first kappa shape index (κ1) is 25.5. The molecule has 4 N–H and O–H groups in total. The van der Waals surface area contributed by atoms with Crippen LogP contribution in [0.25, 0.3) is 0 Å². The third kappa shape index (κ3) is 8.38. The highest BCUT2D eigenvalue weighted by Crippen LogP contribution is 2.18. The highest BCUT2D eigenvalue weighted by atomic mass is 127. The van der Waals surface area contributed by atoms with Gasteiger partial charge in [-0.25, -0.2) is 4.98 Å². The Bertz CT molecular complexity index is 871. The Hall–Kier alpha value is -1.72. The van der Waals surface area contributed by atoms with Crippen molar-refractivity contribution in [3.8, 4) is 0 Å². The zero-order valence-corrected chi connectivity index (χ0v) is 21.4. The minimum atomic E-state index is -0.179. The summed E-state index contributed by atoms with van der Waals surface area (Å²) in [6, 6.07) is 8.55. The number of thiazole rings is 1. The summed E-state index contributed by atoms with van der Waals surface area (Å²) in [6.07, 6.45) is 2.81. The van der Waals surface area contributed by atoms with E-state index in [2.05, 4.69) is 55.2 Å². The number of halogens is 1. The van der Waals surface area contributed by atoms with Gasteiger partial charge in [0.25, 0.3) is 0 Å². The first-order valence-corrected chi connectivity index (χ1v) is 11.4. The molecule has 0 saturated carbocycles. The molecule has 170 valence electrons. The number of nitrogens with one attached hydrogen (secondary N) is 2. The van der Waals surface area contributed by atoms with Gasteiger partial charge in [-0.1, -0.05) is 24.3 Å². The largest absolute Gasteiger partial charge is 0.369 e. The summed E-state index contributed by atoms with van der Waals surface area (Å²) in [5, 5.41) is 9.92. The second kappa shape index (κ2) is 13.0. The Labute approximate surface area is 205 Å². The van der Waals surface area contributed by atoms with E-state index in [0.29, 0.717) is 6.54 Å². The fourth-order valence-corrected chi connectivity index (χ4v) is 4.41. The lowest BCUT2D eigenvalue weighted by atomic mass is 9.97. The number of guanidine groups is 1. The number of likely N-dealkylation sites (tertiary alicyclic amines) is 1. The molecule has 1 aliphatic rings. The van der Waals surface area contributed by atoms with Crippen molar-refractivity contribution in [1.29, 1.82) is 0 Å². The zero-order chi connectivity index (χ0) is 21.3. The number of benzene rings is 1. The lowest BCUT2D eigenvalue weighted by molar-refractivity contribution is -0.123. The van der Waals surface area contributed by atoms with Crippen molar-refractivity contribution in [3.05, 3.63) is 51.5 Å². The third-order valence-corrected chi connectivity index (χ3v) is 6.15. The standard InChI is InChI=1S/C22H32N6OS.HI/c1-16-27-20(15-30-16)8-9-25-22(24-2)26-12-17-5-3-6-18(11-17)13-28-10-4-7-19(14-28)21(23)29;/h3,5-6,11,15,19H,4,7-10,12-14H2,1-2H3,(H2,23,29)(H2,24,25,26);1H. The summed E-state index contributed by atoms with van der Waals surface area (Å²) < 4.78 is 0. The fraction of sp³-hybridized carbons (Fsp3) is 0.500. The van der Waals surface area contributed by atoms with Crippen molar-refractivity contribution in [2.45, 2.75) is 39.3 Å². The van der Waals surface area contributed by atoms with E-state index in [-0.39, 0.29) is 35.8 Å². The number of nitrogens with two attached hydrogens (primary N) is 1. The smallest absolute Gasteiger partial charge is 0.221 e. The van der Waals surface area contributed by atoms with Crippen LogP contribution in [0.5, 0.6) is 0 Å². The van der Waals surface area contributed by atoms with E-state index in [1.165, 1.54) is 11.1 Å². The molecule has 1 fully saturated rings. The fourth-order valence-electron chi connectivity index (χ4n) is 3.77. The van der Waals surface area contributed by atoms with Crippen LogP contribution in [0.3, 0.4) is 0 Å². The van der Waals surface area contributed by atoms with Crippen LogP contribution >= 0.6 is 35.3 Å². The number of aromatic nitrogens is 1. The first-order valence-electron chi connectivity index (χ1n) is 10.5. The SMILES string of the molecule is CN=C(NCCc1csc(C)n1)NCc1cccc(CN2CCCC(C(N)=O)C2)c1.I. The predicted molar refractivity (Wildman–Crippen MR) is 138 cm³/mol. The number of piperidine rings is 1. The van der Waals surface area contributed by atoms with Crippen LogP contribution in [-0.4, -0.2) is 48.4 Å². The number of hydrogen-bond donors (Lipinski definition) is 3. The summed E-state index contributed by atoms with van der Waals surface area (Å²) in [5.74, 6) is 0.584. The normalized spacial score (nSPS) is 17.1. The van der Waals surface area contributed by atoms with Gasteiger partial charge >= 0.3 is 0 Å². The van der Waals surface area contributed by atoms with E-state index in [1.807, 2.05) is 6.92 Å². The molecular formula is C22H33IN6OS. The van der Waals surface area contributed by atoms with Gasteiger partial charge in [0.1, 0.15) is 0 Å². The molecule has 0 aliphatic carbocycles. The Morgan fingerprint density at radius 1 is 1.35 bits per heavy atom. The van der Waals surface area contributed by atoms with Crippen LogP contribution < -0.4 is 16.4 Å². The molecule has 3 rings (SSSR count). The van der Waals surface area contributed by atoms with Crippen molar-refractivity contribution in [2.24, 2.45) is 16.6 Å². The number of carbonyl (C=O) groups excluding carboxylic acids is 1. The van der Waals surface area contributed by atoms with Gasteiger partial charge in [-0.05, 0) is 37.4 Å². The van der Waals surface area contributed by atoms with E-state index in [1.54, 1.807) is 18.4 Å². The molecule has 0 bridgehead atoms. The molecule has 0 spiro atoms. The number of rotatable bonds is 8. The molecule has 2 heterocycles. The number of primary amides is 1. The topological polar surface area (TPSA) is 95.6 Å². The van der Waals surface area contributed by atoms with Crippen LogP contribution in [0.1, 0.15) is 34.7 Å². The molecular weight excluding hydrogens is 523 g/mol. The van der Waals surface area contributed by atoms with E-state index in [4.69, 9.17) is 5.73 Å². The van der Waals surface area contributed by atoms with Crippen LogP contribution in [0, 0.1) is 12.8 Å².